The van der Waals surface area contributed by atoms with Crippen LogP contribution in [0.15, 0.2) is 41.5 Å². The van der Waals surface area contributed by atoms with E-state index in [1.165, 1.54) is 0 Å². The molecule has 0 saturated carbocycles. The molecule has 1 heterocycles. The van der Waals surface area contributed by atoms with Crippen molar-refractivity contribution in [3.63, 3.8) is 0 Å². The van der Waals surface area contributed by atoms with Crippen LogP contribution in [0.5, 0.6) is 5.75 Å². The third kappa shape index (κ3) is 5.39. The number of rotatable bonds is 6. The van der Waals surface area contributed by atoms with Crippen molar-refractivity contribution in [2.24, 2.45) is 5.10 Å². The Morgan fingerprint density at radius 3 is 2.81 bits per heavy atom. The maximum Gasteiger partial charge on any atom is 0.187 e. The lowest BCUT2D eigenvalue weighted by Gasteiger charge is -2.23. The van der Waals surface area contributed by atoms with Crippen LogP contribution in [0.3, 0.4) is 0 Å². The molecule has 0 amide bonds. The fraction of sp³-hybridized carbons (Fsp3) is 0.368. The third-order valence-corrected chi connectivity index (χ3v) is 4.65. The number of nitrogens with one attached hydrogen (secondary N) is 3. The Labute approximate surface area is 159 Å². The quantitative estimate of drug-likeness (QED) is 0.393. The topological polar surface area (TPSA) is 59.3 Å². The number of hydrogen-bond acceptors (Lipinski definition) is 4. The Bertz CT molecular complexity index is 775. The number of ether oxygens (including phenoxy) is 2. The number of thiocarbonyl (C=S) groups is 1. The van der Waals surface area contributed by atoms with Crippen LogP contribution in [0, 0.1) is 0 Å². The highest BCUT2D eigenvalue weighted by atomic mass is 32.1. The molecule has 3 N–H and O–H groups in total. The number of morpholine rings is 1. The Hall–Kier alpha value is -2.22. The molecule has 2 aromatic rings. The number of fused-ring (bicyclic) bond motifs is 1. The van der Waals surface area contributed by atoms with Crippen molar-refractivity contribution in [2.45, 2.75) is 0 Å². The number of quaternary nitrogens is 1. The summed E-state index contributed by atoms with van der Waals surface area (Å²) in [5, 5.41) is 10.2. The molecule has 3 rings (SSSR count). The molecule has 0 unspecified atom stereocenters. The van der Waals surface area contributed by atoms with E-state index in [0.29, 0.717) is 5.11 Å². The second kappa shape index (κ2) is 9.47. The van der Waals surface area contributed by atoms with Crippen molar-refractivity contribution < 1.29 is 14.4 Å². The fourth-order valence-electron chi connectivity index (χ4n) is 2.92. The molecule has 0 bridgehead atoms. The predicted molar refractivity (Wildman–Crippen MR) is 108 cm³/mol. The van der Waals surface area contributed by atoms with Crippen molar-refractivity contribution in [1.82, 2.24) is 10.7 Å². The van der Waals surface area contributed by atoms with Crippen molar-refractivity contribution >= 4 is 34.3 Å². The van der Waals surface area contributed by atoms with Crippen molar-refractivity contribution in [3.05, 3.63) is 42.0 Å². The summed E-state index contributed by atoms with van der Waals surface area (Å²) in [6.07, 6.45) is 1.77. The molecule has 0 aromatic heterocycles. The van der Waals surface area contributed by atoms with E-state index in [0.717, 1.165) is 61.5 Å². The molecule has 2 aromatic carbocycles. The first-order chi connectivity index (χ1) is 12.7. The van der Waals surface area contributed by atoms with E-state index in [1.807, 2.05) is 24.3 Å². The van der Waals surface area contributed by atoms with E-state index in [9.17, 15) is 0 Å². The molecule has 0 atom stereocenters. The molecule has 7 heteroatoms. The van der Waals surface area contributed by atoms with Crippen LogP contribution in [0.4, 0.5) is 0 Å². The van der Waals surface area contributed by atoms with Crippen LogP contribution in [-0.4, -0.2) is 57.8 Å². The molecule has 1 fully saturated rings. The molecule has 1 saturated heterocycles. The average molecular weight is 374 g/mol. The van der Waals surface area contributed by atoms with E-state index in [4.69, 9.17) is 21.7 Å². The lowest BCUT2D eigenvalue weighted by atomic mass is 10.1. The molecule has 0 radical (unpaired) electrons. The monoisotopic (exact) mass is 373 g/mol. The first-order valence-corrected chi connectivity index (χ1v) is 9.21. The second-order valence-electron chi connectivity index (χ2n) is 6.21. The molecule has 1 aliphatic heterocycles. The molecule has 0 aliphatic carbocycles. The lowest BCUT2D eigenvalue weighted by molar-refractivity contribution is -0.906. The largest absolute Gasteiger partial charge is 0.497 e. The maximum absolute atomic E-state index is 5.36. The van der Waals surface area contributed by atoms with E-state index in [1.54, 1.807) is 18.2 Å². The van der Waals surface area contributed by atoms with E-state index < -0.39 is 0 Å². The van der Waals surface area contributed by atoms with Crippen molar-refractivity contribution in [1.29, 1.82) is 0 Å². The van der Waals surface area contributed by atoms with Gasteiger partial charge in [-0.05, 0) is 46.8 Å². The highest BCUT2D eigenvalue weighted by Crippen LogP contribution is 2.21. The smallest absolute Gasteiger partial charge is 0.187 e. The summed E-state index contributed by atoms with van der Waals surface area (Å²) in [6.45, 7) is 5.68. The van der Waals surface area contributed by atoms with Gasteiger partial charge in [0.15, 0.2) is 5.11 Å². The van der Waals surface area contributed by atoms with Crippen LogP contribution in [0.25, 0.3) is 10.8 Å². The van der Waals surface area contributed by atoms with Gasteiger partial charge < -0.3 is 19.7 Å². The van der Waals surface area contributed by atoms with Gasteiger partial charge in [0.25, 0.3) is 0 Å². The molecule has 26 heavy (non-hydrogen) atoms. The van der Waals surface area contributed by atoms with Crippen LogP contribution >= 0.6 is 12.2 Å². The Balaban J connectivity index is 1.45. The summed E-state index contributed by atoms with van der Waals surface area (Å²) >= 11 is 5.26. The van der Waals surface area contributed by atoms with Gasteiger partial charge in [0.1, 0.15) is 18.8 Å². The van der Waals surface area contributed by atoms with Crippen molar-refractivity contribution in [2.75, 3.05) is 46.5 Å². The molecular formula is C19H25N4O2S+. The molecule has 6 nitrogen and oxygen atoms in total. The fourth-order valence-corrected chi connectivity index (χ4v) is 3.07. The number of methoxy groups -OCH3 is 1. The van der Waals surface area contributed by atoms with Crippen LogP contribution < -0.4 is 20.4 Å². The lowest BCUT2D eigenvalue weighted by Crippen LogP contribution is -3.14. The number of hydrazone groups is 1. The first-order valence-electron chi connectivity index (χ1n) is 8.80. The standard InChI is InChI=1S/C19H24N4O2S/c1-24-18-5-4-16-12-15(2-3-17(16)13-18)14-21-22-19(26)20-6-7-23-8-10-25-11-9-23/h2-5,12-14H,6-11H2,1H3,(H2,20,22,26)/p+1/b21-14-. The van der Waals surface area contributed by atoms with Gasteiger partial charge in [-0.3, -0.25) is 5.43 Å². The zero-order chi connectivity index (χ0) is 18.2. The van der Waals surface area contributed by atoms with Gasteiger partial charge in [0, 0.05) is 0 Å². The highest BCUT2D eigenvalue weighted by Gasteiger charge is 2.12. The van der Waals surface area contributed by atoms with Gasteiger partial charge in [0.05, 0.1) is 39.6 Å². The van der Waals surface area contributed by atoms with E-state index in [-0.39, 0.29) is 0 Å². The van der Waals surface area contributed by atoms with E-state index >= 15 is 0 Å². The van der Waals surface area contributed by atoms with Gasteiger partial charge in [0.2, 0.25) is 0 Å². The minimum atomic E-state index is 0.541. The molecule has 138 valence electrons. The third-order valence-electron chi connectivity index (χ3n) is 4.42. The SMILES string of the molecule is COc1ccc2cc(/C=N\NC(=S)NCC[NH+]3CCOCC3)ccc2c1. The van der Waals surface area contributed by atoms with Gasteiger partial charge >= 0.3 is 0 Å². The summed E-state index contributed by atoms with van der Waals surface area (Å²) in [6, 6.07) is 12.2. The summed E-state index contributed by atoms with van der Waals surface area (Å²) in [5.74, 6) is 0.857. The first kappa shape index (κ1) is 18.6. The Kier molecular flexibility index (Phi) is 6.76. The van der Waals surface area contributed by atoms with Crippen LogP contribution in [0.1, 0.15) is 5.56 Å². The second-order valence-corrected chi connectivity index (χ2v) is 6.62. The summed E-state index contributed by atoms with van der Waals surface area (Å²) in [7, 11) is 1.67. The number of benzene rings is 2. The number of hydrogen-bond donors (Lipinski definition) is 3. The summed E-state index contributed by atoms with van der Waals surface area (Å²) in [4.78, 5) is 1.54. The molecule has 1 aliphatic rings. The number of nitrogens with zero attached hydrogens (tertiary/aromatic N) is 1. The zero-order valence-corrected chi connectivity index (χ0v) is 15.8. The van der Waals surface area contributed by atoms with Gasteiger partial charge in [-0.15, -0.1) is 0 Å². The summed E-state index contributed by atoms with van der Waals surface area (Å²) < 4.78 is 10.6. The van der Waals surface area contributed by atoms with Crippen LogP contribution in [-0.2, 0) is 4.74 Å². The average Bonchev–Trinajstić information content (AvgIpc) is 2.68. The minimum absolute atomic E-state index is 0.541. The minimum Gasteiger partial charge on any atom is -0.497 e. The van der Waals surface area contributed by atoms with Crippen LogP contribution in [0.2, 0.25) is 0 Å². The maximum atomic E-state index is 5.36. The van der Waals surface area contributed by atoms with E-state index in [2.05, 4.69) is 28.0 Å². The molecular weight excluding hydrogens is 348 g/mol. The zero-order valence-electron chi connectivity index (χ0n) is 15.0. The summed E-state index contributed by atoms with van der Waals surface area (Å²) in [5.41, 5.74) is 3.88. The highest BCUT2D eigenvalue weighted by molar-refractivity contribution is 7.80. The van der Waals surface area contributed by atoms with Gasteiger partial charge in [-0.25, -0.2) is 0 Å². The Morgan fingerprint density at radius 2 is 2.00 bits per heavy atom. The van der Waals surface area contributed by atoms with Crippen molar-refractivity contribution in [3.8, 4) is 5.75 Å². The van der Waals surface area contributed by atoms with Gasteiger partial charge in [-0.1, -0.05) is 18.2 Å². The normalized spacial score (nSPS) is 15.3. The van der Waals surface area contributed by atoms with Gasteiger partial charge in [-0.2, -0.15) is 5.10 Å². The predicted octanol–water partition coefficient (Wildman–Crippen LogP) is 0.562. The molecule has 0 spiro atoms. The Morgan fingerprint density at radius 1 is 1.23 bits per heavy atom.